The molecule has 2 aromatic rings. The number of β-amino-alcohol motifs (C(OH)–C–C–N with tert-alkyl or cyclic N) is 1. The van der Waals surface area contributed by atoms with Crippen molar-refractivity contribution in [3.63, 3.8) is 0 Å². The van der Waals surface area contributed by atoms with Crippen molar-refractivity contribution in [1.82, 2.24) is 19.8 Å². The molecule has 0 aliphatic carbocycles. The van der Waals surface area contributed by atoms with Crippen LogP contribution in [0.4, 0.5) is 0 Å². The van der Waals surface area contributed by atoms with Crippen LogP contribution in [-0.2, 0) is 6.54 Å². The fraction of sp³-hybridized carbons (Fsp3) is 0.474. The van der Waals surface area contributed by atoms with Gasteiger partial charge in [0.05, 0.1) is 24.2 Å². The number of nitrogens with one attached hydrogen (secondary N) is 1. The molecule has 2 heterocycles. The van der Waals surface area contributed by atoms with E-state index in [0.717, 1.165) is 25.2 Å². The van der Waals surface area contributed by atoms with Gasteiger partial charge in [0, 0.05) is 37.4 Å². The normalized spacial score (nSPS) is 21.4. The highest BCUT2D eigenvalue weighted by atomic mass is 16.3. The molecule has 0 unspecified atom stereocenters. The lowest BCUT2D eigenvalue weighted by Crippen LogP contribution is -2.53. The van der Waals surface area contributed by atoms with Crippen LogP contribution in [0.5, 0.6) is 0 Å². The monoisotopic (exact) mass is 342 g/mol. The molecular weight excluding hydrogens is 316 g/mol. The molecule has 6 heteroatoms. The summed E-state index contributed by atoms with van der Waals surface area (Å²) in [5, 5.41) is 13.4. The highest BCUT2D eigenvalue weighted by molar-refractivity contribution is 5.94. The lowest BCUT2D eigenvalue weighted by molar-refractivity contribution is 0.0340. The topological polar surface area (TPSA) is 70.4 Å². The third-order valence-corrected chi connectivity index (χ3v) is 4.71. The molecule has 1 fully saturated rings. The Labute approximate surface area is 148 Å². The van der Waals surface area contributed by atoms with Gasteiger partial charge in [-0.25, -0.2) is 4.98 Å². The van der Waals surface area contributed by atoms with E-state index in [1.54, 1.807) is 12.1 Å². The second-order valence-electron chi connectivity index (χ2n) is 6.92. The number of aliphatic hydroxyl groups is 1. The van der Waals surface area contributed by atoms with E-state index in [4.69, 9.17) is 0 Å². The fourth-order valence-electron chi connectivity index (χ4n) is 3.30. The molecule has 2 atom stereocenters. The molecule has 1 saturated heterocycles. The highest BCUT2D eigenvalue weighted by Gasteiger charge is 2.29. The van der Waals surface area contributed by atoms with Crippen molar-refractivity contribution < 1.29 is 9.90 Å². The van der Waals surface area contributed by atoms with Gasteiger partial charge in [0.25, 0.3) is 5.91 Å². The van der Waals surface area contributed by atoms with Gasteiger partial charge in [-0.2, -0.15) is 0 Å². The standard InChI is InChI=1S/C19H26N4O2/c1-14(2)23-13-20-10-16(23)11-22-9-8-17(18(24)12-22)21-19(25)15-6-4-3-5-7-15/h3-7,10,13-14,17-18,24H,8-9,11-12H2,1-2H3,(H,21,25)/t17-,18-/m1/s1. The molecule has 0 spiro atoms. The number of imidazole rings is 1. The predicted molar refractivity (Wildman–Crippen MR) is 96.2 cm³/mol. The Hall–Kier alpha value is -2.18. The fourth-order valence-corrected chi connectivity index (χ4v) is 3.30. The maximum atomic E-state index is 12.3. The van der Waals surface area contributed by atoms with Crippen LogP contribution >= 0.6 is 0 Å². The first-order valence-corrected chi connectivity index (χ1v) is 8.81. The van der Waals surface area contributed by atoms with E-state index in [1.807, 2.05) is 30.7 Å². The second kappa shape index (κ2) is 7.80. The van der Waals surface area contributed by atoms with Gasteiger partial charge in [-0.15, -0.1) is 0 Å². The minimum Gasteiger partial charge on any atom is -0.390 e. The van der Waals surface area contributed by atoms with E-state index in [1.165, 1.54) is 0 Å². The van der Waals surface area contributed by atoms with Crippen LogP contribution in [0.15, 0.2) is 42.9 Å². The largest absolute Gasteiger partial charge is 0.390 e. The van der Waals surface area contributed by atoms with Crippen molar-refractivity contribution in [2.45, 2.75) is 45.0 Å². The SMILES string of the molecule is CC(C)n1cncc1CN1CC[C@@H](NC(=O)c2ccccc2)[C@H](O)C1. The zero-order valence-corrected chi connectivity index (χ0v) is 14.8. The van der Waals surface area contributed by atoms with E-state index in [9.17, 15) is 9.90 Å². The van der Waals surface area contributed by atoms with Crippen LogP contribution in [0, 0.1) is 0 Å². The Bertz CT molecular complexity index is 698. The van der Waals surface area contributed by atoms with E-state index in [0.29, 0.717) is 18.2 Å². The summed E-state index contributed by atoms with van der Waals surface area (Å²) in [6.07, 6.45) is 3.89. The molecule has 1 amide bonds. The lowest BCUT2D eigenvalue weighted by atomic mass is 10.0. The van der Waals surface area contributed by atoms with Gasteiger partial charge in [0.2, 0.25) is 0 Å². The van der Waals surface area contributed by atoms with Crippen LogP contribution in [0.25, 0.3) is 0 Å². The molecule has 25 heavy (non-hydrogen) atoms. The van der Waals surface area contributed by atoms with Crippen molar-refractivity contribution in [3.8, 4) is 0 Å². The summed E-state index contributed by atoms with van der Waals surface area (Å²) in [6, 6.07) is 9.28. The number of aromatic nitrogens is 2. The zero-order valence-electron chi connectivity index (χ0n) is 14.8. The average molecular weight is 342 g/mol. The number of rotatable bonds is 5. The van der Waals surface area contributed by atoms with E-state index < -0.39 is 6.10 Å². The zero-order chi connectivity index (χ0) is 17.8. The summed E-state index contributed by atoms with van der Waals surface area (Å²) >= 11 is 0. The van der Waals surface area contributed by atoms with Gasteiger partial charge < -0.3 is 15.0 Å². The van der Waals surface area contributed by atoms with Crippen LogP contribution < -0.4 is 5.32 Å². The Kier molecular flexibility index (Phi) is 5.50. The maximum Gasteiger partial charge on any atom is 0.251 e. The highest BCUT2D eigenvalue weighted by Crippen LogP contribution is 2.17. The number of hydrogen-bond donors (Lipinski definition) is 2. The van der Waals surface area contributed by atoms with E-state index >= 15 is 0 Å². The molecule has 1 aliphatic heterocycles. The minimum atomic E-state index is -0.572. The Balaban J connectivity index is 1.55. The number of likely N-dealkylation sites (tertiary alicyclic amines) is 1. The first-order chi connectivity index (χ1) is 12.0. The van der Waals surface area contributed by atoms with E-state index in [-0.39, 0.29) is 11.9 Å². The second-order valence-corrected chi connectivity index (χ2v) is 6.92. The number of benzene rings is 1. The van der Waals surface area contributed by atoms with Crippen molar-refractivity contribution in [1.29, 1.82) is 0 Å². The van der Waals surface area contributed by atoms with Gasteiger partial charge in [0.15, 0.2) is 0 Å². The summed E-state index contributed by atoms with van der Waals surface area (Å²) in [5.41, 5.74) is 1.77. The molecule has 0 bridgehead atoms. The van der Waals surface area contributed by atoms with Crippen LogP contribution in [-0.4, -0.2) is 50.7 Å². The van der Waals surface area contributed by atoms with Crippen molar-refractivity contribution >= 4 is 5.91 Å². The molecule has 0 radical (unpaired) electrons. The molecule has 6 nitrogen and oxygen atoms in total. The third-order valence-electron chi connectivity index (χ3n) is 4.71. The van der Waals surface area contributed by atoms with E-state index in [2.05, 4.69) is 33.6 Å². The summed E-state index contributed by atoms with van der Waals surface area (Å²) < 4.78 is 2.15. The van der Waals surface area contributed by atoms with Gasteiger partial charge >= 0.3 is 0 Å². The number of carbonyl (C=O) groups is 1. The Morgan fingerprint density at radius 3 is 2.80 bits per heavy atom. The number of carbonyl (C=O) groups excluding carboxylic acids is 1. The quantitative estimate of drug-likeness (QED) is 0.870. The predicted octanol–water partition coefficient (Wildman–Crippen LogP) is 1.83. The lowest BCUT2D eigenvalue weighted by Gasteiger charge is -2.36. The molecular formula is C19H26N4O2. The first kappa shape index (κ1) is 17.6. The Morgan fingerprint density at radius 2 is 2.12 bits per heavy atom. The van der Waals surface area contributed by atoms with Gasteiger partial charge in [-0.1, -0.05) is 18.2 Å². The molecule has 2 N–H and O–H groups in total. The number of piperidine rings is 1. The smallest absolute Gasteiger partial charge is 0.251 e. The first-order valence-electron chi connectivity index (χ1n) is 8.81. The van der Waals surface area contributed by atoms with Gasteiger partial charge in [-0.05, 0) is 32.4 Å². The molecule has 0 saturated carbocycles. The minimum absolute atomic E-state index is 0.129. The maximum absolute atomic E-state index is 12.3. The van der Waals surface area contributed by atoms with Crippen LogP contribution in [0.3, 0.4) is 0 Å². The van der Waals surface area contributed by atoms with Crippen LogP contribution in [0.1, 0.15) is 42.4 Å². The number of hydrogen-bond acceptors (Lipinski definition) is 4. The number of amides is 1. The third kappa shape index (κ3) is 4.27. The Morgan fingerprint density at radius 1 is 1.36 bits per heavy atom. The summed E-state index contributed by atoms with van der Waals surface area (Å²) in [4.78, 5) is 18.7. The number of nitrogens with zero attached hydrogens (tertiary/aromatic N) is 3. The van der Waals surface area contributed by atoms with Crippen molar-refractivity contribution in [2.24, 2.45) is 0 Å². The summed E-state index contributed by atoms with van der Waals surface area (Å²) in [6.45, 7) is 6.40. The molecule has 134 valence electrons. The summed E-state index contributed by atoms with van der Waals surface area (Å²) in [7, 11) is 0. The molecule has 1 aromatic carbocycles. The molecule has 1 aliphatic rings. The van der Waals surface area contributed by atoms with Crippen molar-refractivity contribution in [2.75, 3.05) is 13.1 Å². The molecule has 1 aromatic heterocycles. The van der Waals surface area contributed by atoms with Crippen LogP contribution in [0.2, 0.25) is 0 Å². The van der Waals surface area contributed by atoms with Gasteiger partial charge in [-0.3, -0.25) is 9.69 Å². The number of aliphatic hydroxyl groups excluding tert-OH is 1. The average Bonchev–Trinajstić information content (AvgIpc) is 3.06. The molecule has 3 rings (SSSR count). The van der Waals surface area contributed by atoms with Gasteiger partial charge in [0.1, 0.15) is 0 Å². The van der Waals surface area contributed by atoms with Crippen molar-refractivity contribution in [3.05, 3.63) is 54.1 Å². The summed E-state index contributed by atoms with van der Waals surface area (Å²) in [5.74, 6) is -0.129.